The summed E-state index contributed by atoms with van der Waals surface area (Å²) in [5.74, 6) is 0. The van der Waals surface area contributed by atoms with Crippen molar-refractivity contribution >= 4 is 0 Å². The molecule has 3 rings (SSSR count). The highest BCUT2D eigenvalue weighted by Gasteiger charge is 2.23. The van der Waals surface area contributed by atoms with E-state index in [4.69, 9.17) is 0 Å². The minimum Gasteiger partial charge on any atom is -0.395 e. The van der Waals surface area contributed by atoms with Crippen molar-refractivity contribution in [1.82, 2.24) is 24.6 Å². The van der Waals surface area contributed by atoms with Crippen molar-refractivity contribution in [3.8, 4) is 11.3 Å². The Morgan fingerprint density at radius 1 is 1.25 bits per heavy atom. The summed E-state index contributed by atoms with van der Waals surface area (Å²) in [7, 11) is 1.97. The molecule has 0 saturated carbocycles. The molecule has 0 aliphatic carbocycles. The fourth-order valence-electron chi connectivity index (χ4n) is 3.43. The van der Waals surface area contributed by atoms with Gasteiger partial charge in [-0.2, -0.15) is 5.10 Å². The molecule has 0 amide bonds. The van der Waals surface area contributed by atoms with Gasteiger partial charge in [0.05, 0.1) is 12.3 Å². The van der Waals surface area contributed by atoms with Gasteiger partial charge in [0.25, 0.3) is 0 Å². The van der Waals surface area contributed by atoms with Crippen LogP contribution in [-0.2, 0) is 13.6 Å². The van der Waals surface area contributed by atoms with Crippen LogP contribution in [0.1, 0.15) is 18.9 Å². The standard InChI is InChI=1S/C18H27N5O/c1-3-17(14-24)23-9-7-22(8-10-23)13-16-12-21(2)20-18(16)15-5-4-6-19-11-15/h4-6,11-12,17,24H,3,7-10,13-14H2,1-2H3. The summed E-state index contributed by atoms with van der Waals surface area (Å²) in [6.07, 6.45) is 6.77. The molecule has 0 radical (unpaired) electrons. The molecule has 0 bridgehead atoms. The Labute approximate surface area is 143 Å². The number of piperazine rings is 1. The van der Waals surface area contributed by atoms with Gasteiger partial charge in [-0.25, -0.2) is 0 Å². The van der Waals surface area contributed by atoms with Crippen LogP contribution in [0.5, 0.6) is 0 Å². The lowest BCUT2D eigenvalue weighted by molar-refractivity contribution is 0.0609. The van der Waals surface area contributed by atoms with E-state index >= 15 is 0 Å². The molecule has 2 aromatic heterocycles. The molecule has 1 aliphatic rings. The van der Waals surface area contributed by atoms with E-state index in [2.05, 4.69) is 39.1 Å². The van der Waals surface area contributed by atoms with Gasteiger partial charge in [-0.1, -0.05) is 6.92 Å². The Bertz CT molecular complexity index is 630. The van der Waals surface area contributed by atoms with Crippen molar-refractivity contribution < 1.29 is 5.11 Å². The van der Waals surface area contributed by atoms with Crippen molar-refractivity contribution in [2.24, 2.45) is 7.05 Å². The molecule has 1 N–H and O–H groups in total. The Balaban J connectivity index is 1.66. The zero-order valence-corrected chi connectivity index (χ0v) is 14.6. The molecular weight excluding hydrogens is 302 g/mol. The van der Waals surface area contributed by atoms with E-state index in [0.29, 0.717) is 6.04 Å². The largest absolute Gasteiger partial charge is 0.395 e. The van der Waals surface area contributed by atoms with Crippen LogP contribution in [0.25, 0.3) is 11.3 Å². The second-order valence-corrected chi connectivity index (χ2v) is 6.48. The van der Waals surface area contributed by atoms with Crippen LogP contribution in [0.3, 0.4) is 0 Å². The highest BCUT2D eigenvalue weighted by Crippen LogP contribution is 2.23. The predicted molar refractivity (Wildman–Crippen MR) is 94.5 cm³/mol. The molecule has 1 fully saturated rings. The van der Waals surface area contributed by atoms with Gasteiger partial charge in [-0.15, -0.1) is 0 Å². The fraction of sp³-hybridized carbons (Fsp3) is 0.556. The maximum absolute atomic E-state index is 9.47. The summed E-state index contributed by atoms with van der Waals surface area (Å²) in [6.45, 7) is 7.38. The van der Waals surface area contributed by atoms with Gasteiger partial charge in [-0.3, -0.25) is 19.5 Å². The molecule has 1 saturated heterocycles. The summed E-state index contributed by atoms with van der Waals surface area (Å²) in [5, 5.41) is 14.1. The van der Waals surface area contributed by atoms with Crippen molar-refractivity contribution in [1.29, 1.82) is 0 Å². The molecule has 1 aliphatic heterocycles. The zero-order chi connectivity index (χ0) is 16.9. The van der Waals surface area contributed by atoms with Crippen LogP contribution in [0, 0.1) is 0 Å². The fourth-order valence-corrected chi connectivity index (χ4v) is 3.43. The van der Waals surface area contributed by atoms with Gasteiger partial charge < -0.3 is 5.11 Å². The van der Waals surface area contributed by atoms with Gasteiger partial charge in [0.1, 0.15) is 0 Å². The molecule has 1 atom stereocenters. The zero-order valence-electron chi connectivity index (χ0n) is 14.6. The average Bonchev–Trinajstić information content (AvgIpc) is 2.98. The molecular formula is C18H27N5O. The number of aryl methyl sites for hydroxylation is 1. The van der Waals surface area contributed by atoms with E-state index in [-0.39, 0.29) is 6.61 Å². The number of aromatic nitrogens is 3. The van der Waals surface area contributed by atoms with Crippen LogP contribution >= 0.6 is 0 Å². The summed E-state index contributed by atoms with van der Waals surface area (Å²) < 4.78 is 1.88. The minimum atomic E-state index is 0.254. The van der Waals surface area contributed by atoms with Gasteiger partial charge in [-0.05, 0) is 18.6 Å². The van der Waals surface area contributed by atoms with Crippen molar-refractivity contribution in [3.05, 3.63) is 36.3 Å². The molecule has 130 valence electrons. The second-order valence-electron chi connectivity index (χ2n) is 6.48. The lowest BCUT2D eigenvalue weighted by Gasteiger charge is -2.38. The maximum Gasteiger partial charge on any atom is 0.0983 e. The highest BCUT2D eigenvalue weighted by molar-refractivity contribution is 5.61. The third kappa shape index (κ3) is 3.83. The van der Waals surface area contributed by atoms with Crippen molar-refractivity contribution in [2.45, 2.75) is 25.9 Å². The number of pyridine rings is 1. The first-order valence-corrected chi connectivity index (χ1v) is 8.71. The molecule has 2 aromatic rings. The summed E-state index contributed by atoms with van der Waals surface area (Å²) in [5.41, 5.74) is 3.33. The molecule has 1 unspecified atom stereocenters. The normalized spacial score (nSPS) is 18.0. The number of nitrogens with zero attached hydrogens (tertiary/aromatic N) is 5. The van der Waals surface area contributed by atoms with E-state index in [1.54, 1.807) is 6.20 Å². The van der Waals surface area contributed by atoms with Crippen molar-refractivity contribution in [3.63, 3.8) is 0 Å². The molecule has 3 heterocycles. The Morgan fingerprint density at radius 3 is 2.67 bits per heavy atom. The lowest BCUT2D eigenvalue weighted by Crippen LogP contribution is -2.50. The van der Waals surface area contributed by atoms with Gasteiger partial charge >= 0.3 is 0 Å². The molecule has 24 heavy (non-hydrogen) atoms. The van der Waals surface area contributed by atoms with Crippen LogP contribution in [0.4, 0.5) is 0 Å². The lowest BCUT2D eigenvalue weighted by atomic mass is 10.1. The van der Waals surface area contributed by atoms with E-state index in [1.165, 1.54) is 5.56 Å². The topological polar surface area (TPSA) is 57.4 Å². The van der Waals surface area contributed by atoms with Gasteiger partial charge in [0.15, 0.2) is 0 Å². The minimum absolute atomic E-state index is 0.254. The van der Waals surface area contributed by atoms with Gasteiger partial charge in [0, 0.05) is 75.5 Å². The number of aliphatic hydroxyl groups is 1. The summed E-state index contributed by atoms with van der Waals surface area (Å²) in [4.78, 5) is 9.09. The second kappa shape index (κ2) is 7.88. The number of hydrogen-bond acceptors (Lipinski definition) is 5. The van der Waals surface area contributed by atoms with Crippen LogP contribution in [-0.4, -0.2) is 68.5 Å². The van der Waals surface area contributed by atoms with Crippen LogP contribution < -0.4 is 0 Å². The monoisotopic (exact) mass is 329 g/mol. The molecule has 6 heteroatoms. The van der Waals surface area contributed by atoms with E-state index in [0.717, 1.165) is 50.4 Å². The number of rotatable bonds is 6. The summed E-state index contributed by atoms with van der Waals surface area (Å²) in [6, 6.07) is 4.31. The number of hydrogen-bond donors (Lipinski definition) is 1. The molecule has 0 aromatic carbocycles. The predicted octanol–water partition coefficient (Wildman–Crippen LogP) is 1.37. The Hall–Kier alpha value is -1.76. The van der Waals surface area contributed by atoms with E-state index in [1.807, 2.05) is 24.0 Å². The van der Waals surface area contributed by atoms with Crippen LogP contribution in [0.15, 0.2) is 30.7 Å². The summed E-state index contributed by atoms with van der Waals surface area (Å²) >= 11 is 0. The smallest absolute Gasteiger partial charge is 0.0983 e. The van der Waals surface area contributed by atoms with Crippen LogP contribution in [0.2, 0.25) is 0 Å². The first-order valence-electron chi connectivity index (χ1n) is 8.71. The average molecular weight is 329 g/mol. The van der Waals surface area contributed by atoms with Gasteiger partial charge in [0.2, 0.25) is 0 Å². The first kappa shape index (κ1) is 17.1. The van der Waals surface area contributed by atoms with E-state index in [9.17, 15) is 5.11 Å². The highest BCUT2D eigenvalue weighted by atomic mass is 16.3. The maximum atomic E-state index is 9.47. The Kier molecular flexibility index (Phi) is 5.60. The SMILES string of the molecule is CCC(CO)N1CCN(Cc2cn(C)nc2-c2cccnc2)CC1. The third-order valence-electron chi connectivity index (χ3n) is 4.84. The number of aliphatic hydroxyl groups excluding tert-OH is 1. The molecule has 0 spiro atoms. The Morgan fingerprint density at radius 2 is 2.04 bits per heavy atom. The van der Waals surface area contributed by atoms with Crippen molar-refractivity contribution in [2.75, 3.05) is 32.8 Å². The molecule has 6 nitrogen and oxygen atoms in total. The third-order valence-corrected chi connectivity index (χ3v) is 4.84. The van der Waals surface area contributed by atoms with E-state index < -0.39 is 0 Å². The first-order chi connectivity index (χ1) is 11.7. The quantitative estimate of drug-likeness (QED) is 0.867.